The van der Waals surface area contributed by atoms with E-state index in [0.29, 0.717) is 24.5 Å². The van der Waals surface area contributed by atoms with Crippen molar-refractivity contribution in [2.45, 2.75) is 19.0 Å². The largest absolute Gasteiger partial charge is 0.480 e. The third-order valence-corrected chi connectivity index (χ3v) is 3.14. The van der Waals surface area contributed by atoms with Crippen LogP contribution in [0.25, 0.3) is 0 Å². The summed E-state index contributed by atoms with van der Waals surface area (Å²) < 4.78 is 0. The van der Waals surface area contributed by atoms with Gasteiger partial charge in [-0.25, -0.2) is 14.6 Å². The standard InChI is InChI=1S/C11H18N4O3S/c1-15(7-9-12-4-5-13-9)11(18)14-8(10(16)17)3-6-19-2/h4-5,8H,3,6-7H2,1-2H3,(H,12,13)(H,14,18)(H,16,17)/t8-/m0/s1. The van der Waals surface area contributed by atoms with Gasteiger partial charge in [-0.2, -0.15) is 11.8 Å². The summed E-state index contributed by atoms with van der Waals surface area (Å²) in [4.78, 5) is 31.1. The number of carboxylic acids is 1. The van der Waals surface area contributed by atoms with E-state index < -0.39 is 18.0 Å². The van der Waals surface area contributed by atoms with E-state index in [0.717, 1.165) is 0 Å². The van der Waals surface area contributed by atoms with Gasteiger partial charge >= 0.3 is 12.0 Å². The molecule has 1 aromatic heterocycles. The smallest absolute Gasteiger partial charge is 0.326 e. The summed E-state index contributed by atoms with van der Waals surface area (Å²) in [6.07, 6.45) is 5.56. The van der Waals surface area contributed by atoms with Crippen molar-refractivity contribution < 1.29 is 14.7 Å². The summed E-state index contributed by atoms with van der Waals surface area (Å²) >= 11 is 1.54. The van der Waals surface area contributed by atoms with Crippen molar-refractivity contribution in [2.75, 3.05) is 19.1 Å². The number of aromatic nitrogens is 2. The summed E-state index contributed by atoms with van der Waals surface area (Å²) in [6, 6.07) is -1.29. The zero-order valence-corrected chi connectivity index (χ0v) is 11.7. The van der Waals surface area contributed by atoms with Crippen molar-refractivity contribution in [1.82, 2.24) is 20.2 Å². The Balaban J connectivity index is 2.48. The maximum atomic E-state index is 11.9. The highest BCUT2D eigenvalue weighted by atomic mass is 32.2. The molecule has 0 aliphatic carbocycles. The van der Waals surface area contributed by atoms with Crippen LogP contribution in [0.1, 0.15) is 12.2 Å². The Morgan fingerprint density at radius 1 is 1.63 bits per heavy atom. The molecule has 1 rings (SSSR count). The van der Waals surface area contributed by atoms with Gasteiger partial charge in [-0.15, -0.1) is 0 Å². The first-order valence-electron chi connectivity index (χ1n) is 5.76. The van der Waals surface area contributed by atoms with Crippen LogP contribution < -0.4 is 5.32 Å². The number of hydrogen-bond donors (Lipinski definition) is 3. The highest BCUT2D eigenvalue weighted by Crippen LogP contribution is 2.03. The Hall–Kier alpha value is -1.70. The summed E-state index contributed by atoms with van der Waals surface area (Å²) in [5, 5.41) is 11.5. The lowest BCUT2D eigenvalue weighted by Gasteiger charge is -2.20. The molecule has 0 aromatic carbocycles. The van der Waals surface area contributed by atoms with Gasteiger partial charge in [-0.05, 0) is 18.4 Å². The minimum absolute atomic E-state index is 0.299. The third-order valence-electron chi connectivity index (χ3n) is 2.49. The fraction of sp³-hybridized carbons (Fsp3) is 0.545. The molecule has 0 radical (unpaired) electrons. The van der Waals surface area contributed by atoms with E-state index in [1.54, 1.807) is 31.2 Å². The second kappa shape index (κ2) is 7.67. The zero-order chi connectivity index (χ0) is 14.3. The molecule has 1 heterocycles. The van der Waals surface area contributed by atoms with Crippen LogP contribution in [0.2, 0.25) is 0 Å². The van der Waals surface area contributed by atoms with E-state index in [4.69, 9.17) is 5.11 Å². The van der Waals surface area contributed by atoms with Crippen LogP contribution in [0.5, 0.6) is 0 Å². The van der Waals surface area contributed by atoms with Crippen molar-refractivity contribution in [3.05, 3.63) is 18.2 Å². The molecule has 19 heavy (non-hydrogen) atoms. The summed E-state index contributed by atoms with van der Waals surface area (Å²) in [7, 11) is 1.59. The number of aliphatic carboxylic acids is 1. The number of thioether (sulfide) groups is 1. The van der Waals surface area contributed by atoms with E-state index in [1.807, 2.05) is 6.26 Å². The summed E-state index contributed by atoms with van der Waals surface area (Å²) in [5.41, 5.74) is 0. The highest BCUT2D eigenvalue weighted by molar-refractivity contribution is 7.98. The Labute approximate surface area is 115 Å². The van der Waals surface area contributed by atoms with E-state index in [-0.39, 0.29) is 0 Å². The SMILES string of the molecule is CSCC[C@H](NC(=O)N(C)Cc1ncc[nH]1)C(=O)O. The molecule has 0 fully saturated rings. The molecular weight excluding hydrogens is 268 g/mol. The molecule has 1 atom stereocenters. The van der Waals surface area contributed by atoms with Gasteiger partial charge in [-0.3, -0.25) is 0 Å². The van der Waals surface area contributed by atoms with Gasteiger partial charge in [-0.1, -0.05) is 0 Å². The fourth-order valence-electron chi connectivity index (χ4n) is 1.43. The van der Waals surface area contributed by atoms with Gasteiger partial charge in [0.15, 0.2) is 0 Å². The van der Waals surface area contributed by atoms with Gasteiger partial charge in [0, 0.05) is 19.4 Å². The van der Waals surface area contributed by atoms with Gasteiger partial charge in [0.25, 0.3) is 0 Å². The third kappa shape index (κ3) is 5.21. The molecule has 106 valence electrons. The molecule has 8 heteroatoms. The number of aromatic amines is 1. The number of rotatable bonds is 7. The average Bonchev–Trinajstić information content (AvgIpc) is 2.86. The molecule has 0 unspecified atom stereocenters. The van der Waals surface area contributed by atoms with Crippen LogP contribution in [-0.4, -0.2) is 57.1 Å². The van der Waals surface area contributed by atoms with Crippen molar-refractivity contribution in [2.24, 2.45) is 0 Å². The van der Waals surface area contributed by atoms with E-state index in [2.05, 4.69) is 15.3 Å². The Morgan fingerprint density at radius 2 is 2.37 bits per heavy atom. The molecule has 0 bridgehead atoms. The molecule has 2 amide bonds. The van der Waals surface area contributed by atoms with Crippen LogP contribution in [0.4, 0.5) is 4.79 Å². The quantitative estimate of drug-likeness (QED) is 0.687. The van der Waals surface area contributed by atoms with Gasteiger partial charge in [0.05, 0.1) is 6.54 Å². The number of carboxylic acid groups (broad SMARTS) is 1. The molecular formula is C11H18N4O3S. The molecule has 0 saturated carbocycles. The van der Waals surface area contributed by atoms with Crippen LogP contribution in [-0.2, 0) is 11.3 Å². The summed E-state index contributed by atoms with van der Waals surface area (Å²) in [6.45, 7) is 0.299. The van der Waals surface area contributed by atoms with E-state index >= 15 is 0 Å². The minimum atomic E-state index is -1.02. The fourth-order valence-corrected chi connectivity index (χ4v) is 1.90. The number of H-pyrrole nitrogens is 1. The second-order valence-electron chi connectivity index (χ2n) is 4.01. The topological polar surface area (TPSA) is 98.3 Å². The van der Waals surface area contributed by atoms with Crippen LogP contribution >= 0.6 is 11.8 Å². The van der Waals surface area contributed by atoms with Crippen molar-refractivity contribution >= 4 is 23.8 Å². The maximum Gasteiger partial charge on any atom is 0.326 e. The Bertz CT molecular complexity index is 410. The van der Waals surface area contributed by atoms with Crippen LogP contribution in [0.15, 0.2) is 12.4 Å². The molecule has 7 nitrogen and oxygen atoms in total. The molecule has 0 spiro atoms. The normalized spacial score (nSPS) is 11.9. The monoisotopic (exact) mass is 286 g/mol. The minimum Gasteiger partial charge on any atom is -0.480 e. The van der Waals surface area contributed by atoms with E-state index in [9.17, 15) is 9.59 Å². The van der Waals surface area contributed by atoms with E-state index in [1.165, 1.54) is 4.90 Å². The van der Waals surface area contributed by atoms with Crippen molar-refractivity contribution in [1.29, 1.82) is 0 Å². The first kappa shape index (κ1) is 15.4. The number of urea groups is 1. The van der Waals surface area contributed by atoms with Gasteiger partial charge < -0.3 is 20.3 Å². The van der Waals surface area contributed by atoms with Crippen molar-refractivity contribution in [3.63, 3.8) is 0 Å². The Kier molecular flexibility index (Phi) is 6.20. The lowest BCUT2D eigenvalue weighted by atomic mass is 10.2. The second-order valence-corrected chi connectivity index (χ2v) is 5.00. The number of carbonyl (C=O) groups excluding carboxylic acids is 1. The first-order valence-corrected chi connectivity index (χ1v) is 7.15. The molecule has 1 aromatic rings. The maximum absolute atomic E-state index is 11.9. The number of amides is 2. The number of imidazole rings is 1. The van der Waals surface area contributed by atoms with Gasteiger partial charge in [0.1, 0.15) is 11.9 Å². The van der Waals surface area contributed by atoms with Gasteiger partial charge in [0.2, 0.25) is 0 Å². The van der Waals surface area contributed by atoms with Crippen LogP contribution in [0, 0.1) is 0 Å². The predicted molar refractivity (Wildman–Crippen MR) is 73.0 cm³/mol. The number of carbonyl (C=O) groups is 2. The molecule has 0 saturated heterocycles. The lowest BCUT2D eigenvalue weighted by molar-refractivity contribution is -0.139. The lowest BCUT2D eigenvalue weighted by Crippen LogP contribution is -2.46. The number of nitrogens with zero attached hydrogens (tertiary/aromatic N) is 2. The molecule has 3 N–H and O–H groups in total. The average molecular weight is 286 g/mol. The van der Waals surface area contributed by atoms with Crippen molar-refractivity contribution in [3.8, 4) is 0 Å². The number of hydrogen-bond acceptors (Lipinski definition) is 4. The molecule has 0 aliphatic rings. The van der Waals surface area contributed by atoms with Crippen LogP contribution in [0.3, 0.4) is 0 Å². The summed E-state index contributed by atoms with van der Waals surface area (Å²) in [5.74, 6) is 0.307. The Morgan fingerprint density at radius 3 is 2.89 bits per heavy atom. The molecule has 0 aliphatic heterocycles. The highest BCUT2D eigenvalue weighted by Gasteiger charge is 2.21. The zero-order valence-electron chi connectivity index (χ0n) is 10.9. The predicted octanol–water partition coefficient (Wildman–Crippen LogP) is 0.757. The number of nitrogens with one attached hydrogen (secondary N) is 2. The first-order chi connectivity index (χ1) is 9.04.